The van der Waals surface area contributed by atoms with E-state index in [4.69, 9.17) is 9.57 Å². The standard InChI is InChI=1S/C19H29FNO2/c1-14-12-15(2)19(20)13-18(14)16-4-8-21(22-3,9-5-16)17-6-10-23-11-7-17/h12-13,16-17H,4-11H2,1-3H3/q+1. The number of aryl methyl sites for hydroxylation is 2. The Morgan fingerprint density at radius 1 is 1.04 bits per heavy atom. The number of likely N-dealkylation sites (tertiary alicyclic amines) is 1. The van der Waals surface area contributed by atoms with Gasteiger partial charge < -0.3 is 4.74 Å². The molecule has 3 rings (SSSR count). The molecule has 2 aliphatic rings. The summed E-state index contributed by atoms with van der Waals surface area (Å²) in [6.07, 6.45) is 4.29. The summed E-state index contributed by atoms with van der Waals surface area (Å²) < 4.78 is 20.2. The second-order valence-electron chi connectivity index (χ2n) is 7.16. The lowest BCUT2D eigenvalue weighted by molar-refractivity contribution is -1.12. The maximum Gasteiger partial charge on any atom is 0.126 e. The van der Waals surface area contributed by atoms with Gasteiger partial charge in [0.05, 0.1) is 20.3 Å². The highest BCUT2D eigenvalue weighted by atomic mass is 19.1. The molecular formula is C19H29FNO2+. The van der Waals surface area contributed by atoms with Crippen molar-refractivity contribution in [1.29, 1.82) is 0 Å². The van der Waals surface area contributed by atoms with Gasteiger partial charge in [0.2, 0.25) is 0 Å². The smallest absolute Gasteiger partial charge is 0.126 e. The summed E-state index contributed by atoms with van der Waals surface area (Å²) in [5, 5.41) is 0. The number of benzene rings is 1. The van der Waals surface area contributed by atoms with Crippen LogP contribution >= 0.6 is 0 Å². The maximum atomic E-state index is 14.0. The number of halogens is 1. The SMILES string of the molecule is CO[N+]1(C2CCOCC2)CCC(c2cc(F)c(C)cc2C)CC1. The van der Waals surface area contributed by atoms with E-state index in [2.05, 4.69) is 6.92 Å². The third-order valence-electron chi connectivity index (χ3n) is 5.92. The van der Waals surface area contributed by atoms with E-state index in [1.807, 2.05) is 20.1 Å². The van der Waals surface area contributed by atoms with E-state index < -0.39 is 0 Å². The zero-order valence-electron chi connectivity index (χ0n) is 14.6. The van der Waals surface area contributed by atoms with E-state index in [1.54, 1.807) is 6.07 Å². The number of ether oxygens (including phenoxy) is 1. The second kappa shape index (κ2) is 6.88. The van der Waals surface area contributed by atoms with E-state index in [0.29, 0.717) is 12.0 Å². The highest BCUT2D eigenvalue weighted by Crippen LogP contribution is 2.37. The summed E-state index contributed by atoms with van der Waals surface area (Å²) >= 11 is 0. The zero-order valence-corrected chi connectivity index (χ0v) is 14.6. The van der Waals surface area contributed by atoms with Gasteiger partial charge in [-0.15, -0.1) is 0 Å². The summed E-state index contributed by atoms with van der Waals surface area (Å²) in [5.41, 5.74) is 3.15. The summed E-state index contributed by atoms with van der Waals surface area (Å²) in [6, 6.07) is 4.29. The molecule has 23 heavy (non-hydrogen) atoms. The Balaban J connectivity index is 1.73. The average Bonchev–Trinajstić information content (AvgIpc) is 2.59. The van der Waals surface area contributed by atoms with Crippen LogP contribution in [0.1, 0.15) is 48.3 Å². The second-order valence-corrected chi connectivity index (χ2v) is 7.16. The largest absolute Gasteiger partial charge is 0.381 e. The quantitative estimate of drug-likeness (QED) is 0.786. The Hall–Kier alpha value is -0.970. The van der Waals surface area contributed by atoms with E-state index in [0.717, 1.165) is 62.2 Å². The molecule has 2 heterocycles. The van der Waals surface area contributed by atoms with Gasteiger partial charge in [-0.2, -0.15) is 4.65 Å². The van der Waals surface area contributed by atoms with Crippen LogP contribution < -0.4 is 0 Å². The summed E-state index contributed by atoms with van der Waals surface area (Å²) in [7, 11) is 1.84. The first-order valence-corrected chi connectivity index (χ1v) is 8.82. The topological polar surface area (TPSA) is 18.5 Å². The molecule has 0 aliphatic carbocycles. The fourth-order valence-electron chi connectivity index (χ4n) is 4.45. The van der Waals surface area contributed by atoms with Crippen LogP contribution in [0.25, 0.3) is 0 Å². The minimum Gasteiger partial charge on any atom is -0.381 e. The molecule has 2 saturated heterocycles. The van der Waals surface area contributed by atoms with Crippen LogP contribution in [0.3, 0.4) is 0 Å². The molecule has 1 aromatic rings. The van der Waals surface area contributed by atoms with Gasteiger partial charge in [0, 0.05) is 25.7 Å². The average molecular weight is 322 g/mol. The van der Waals surface area contributed by atoms with Gasteiger partial charge in [0.1, 0.15) is 24.9 Å². The fraction of sp³-hybridized carbons (Fsp3) is 0.684. The van der Waals surface area contributed by atoms with Crippen LogP contribution in [0.2, 0.25) is 0 Å². The first-order valence-electron chi connectivity index (χ1n) is 8.82. The predicted octanol–water partition coefficient (Wildman–Crippen LogP) is 3.88. The fourth-order valence-corrected chi connectivity index (χ4v) is 4.45. The molecule has 0 unspecified atom stereocenters. The number of rotatable bonds is 3. The van der Waals surface area contributed by atoms with E-state index in [-0.39, 0.29) is 5.82 Å². The first kappa shape index (κ1) is 16.9. The van der Waals surface area contributed by atoms with Gasteiger partial charge in [-0.1, -0.05) is 6.07 Å². The number of nitrogens with zero attached hydrogens (tertiary/aromatic N) is 1. The van der Waals surface area contributed by atoms with Crippen molar-refractivity contribution >= 4 is 0 Å². The van der Waals surface area contributed by atoms with Crippen molar-refractivity contribution in [3.05, 3.63) is 34.6 Å². The molecule has 0 N–H and O–H groups in total. The van der Waals surface area contributed by atoms with Gasteiger partial charge in [0.15, 0.2) is 0 Å². The highest BCUT2D eigenvalue weighted by Gasteiger charge is 2.43. The van der Waals surface area contributed by atoms with Gasteiger partial charge in [-0.05, 0) is 42.5 Å². The lowest BCUT2D eigenvalue weighted by Crippen LogP contribution is -2.59. The van der Waals surface area contributed by atoms with Crippen molar-refractivity contribution in [1.82, 2.24) is 0 Å². The number of hydrogen-bond acceptors (Lipinski definition) is 2. The zero-order chi connectivity index (χ0) is 16.4. The Morgan fingerprint density at radius 2 is 1.70 bits per heavy atom. The molecule has 0 atom stereocenters. The van der Waals surface area contributed by atoms with Crippen molar-refractivity contribution in [3.63, 3.8) is 0 Å². The van der Waals surface area contributed by atoms with Crippen molar-refractivity contribution in [2.75, 3.05) is 33.4 Å². The van der Waals surface area contributed by atoms with Crippen LogP contribution in [-0.2, 0) is 9.57 Å². The molecule has 4 heteroatoms. The van der Waals surface area contributed by atoms with E-state index in [1.165, 1.54) is 11.1 Å². The molecule has 2 fully saturated rings. The maximum absolute atomic E-state index is 14.0. The normalized spacial score (nSPS) is 29.7. The molecule has 0 bridgehead atoms. The number of quaternary nitrogens is 1. The molecule has 0 radical (unpaired) electrons. The van der Waals surface area contributed by atoms with Gasteiger partial charge in [-0.25, -0.2) is 9.23 Å². The molecule has 0 aromatic heterocycles. The molecule has 1 aromatic carbocycles. The van der Waals surface area contributed by atoms with Crippen molar-refractivity contribution in [3.8, 4) is 0 Å². The molecular weight excluding hydrogens is 293 g/mol. The summed E-state index contributed by atoms with van der Waals surface area (Å²) in [5.74, 6) is 0.374. The van der Waals surface area contributed by atoms with Gasteiger partial charge in [-0.3, -0.25) is 0 Å². The molecule has 0 amide bonds. The number of hydroxylamine groups is 3. The number of hydrogen-bond donors (Lipinski definition) is 0. The van der Waals surface area contributed by atoms with Crippen LogP contribution in [0.15, 0.2) is 12.1 Å². The monoisotopic (exact) mass is 322 g/mol. The van der Waals surface area contributed by atoms with Crippen LogP contribution in [0.4, 0.5) is 4.39 Å². The van der Waals surface area contributed by atoms with Crippen LogP contribution in [-0.4, -0.2) is 44.1 Å². The Kier molecular flexibility index (Phi) is 5.04. The Labute approximate surface area is 138 Å². The summed E-state index contributed by atoms with van der Waals surface area (Å²) in [6.45, 7) is 7.67. The molecule has 128 valence electrons. The van der Waals surface area contributed by atoms with Gasteiger partial charge >= 0.3 is 0 Å². The van der Waals surface area contributed by atoms with Crippen molar-refractivity contribution in [2.24, 2.45) is 0 Å². The predicted molar refractivity (Wildman–Crippen MR) is 88.7 cm³/mol. The van der Waals surface area contributed by atoms with Crippen LogP contribution in [0.5, 0.6) is 0 Å². The van der Waals surface area contributed by atoms with E-state index in [9.17, 15) is 4.39 Å². The molecule has 3 nitrogen and oxygen atoms in total. The van der Waals surface area contributed by atoms with Gasteiger partial charge in [0.25, 0.3) is 0 Å². The first-order chi connectivity index (χ1) is 11.1. The van der Waals surface area contributed by atoms with E-state index >= 15 is 0 Å². The molecule has 0 spiro atoms. The third-order valence-corrected chi connectivity index (χ3v) is 5.92. The Bertz CT molecular complexity index is 547. The molecule has 0 saturated carbocycles. The molecule has 2 aliphatic heterocycles. The van der Waals surface area contributed by atoms with Crippen LogP contribution in [0, 0.1) is 19.7 Å². The highest BCUT2D eigenvalue weighted by molar-refractivity contribution is 5.34. The van der Waals surface area contributed by atoms with Crippen molar-refractivity contribution in [2.45, 2.75) is 51.5 Å². The minimum atomic E-state index is -0.0758. The number of piperidine rings is 1. The summed E-state index contributed by atoms with van der Waals surface area (Å²) in [4.78, 5) is 5.98. The lowest BCUT2D eigenvalue weighted by atomic mass is 9.85. The Morgan fingerprint density at radius 3 is 2.30 bits per heavy atom. The third kappa shape index (κ3) is 3.30. The minimum absolute atomic E-state index is 0.0758. The van der Waals surface area contributed by atoms with Crippen molar-refractivity contribution < 1.29 is 18.6 Å². The lowest BCUT2D eigenvalue weighted by Gasteiger charge is -2.46.